The Balaban J connectivity index is 2.58. The molecule has 1 rings (SSSR count). The van der Waals surface area contributed by atoms with Gasteiger partial charge in [-0.3, -0.25) is 0 Å². The number of carboxylic acid groups (broad SMARTS) is 1. The zero-order valence-electron chi connectivity index (χ0n) is 13.0. The molecule has 0 aliphatic rings. The molecule has 0 bridgehead atoms. The van der Waals surface area contributed by atoms with Crippen molar-refractivity contribution in [3.8, 4) is 0 Å². The van der Waals surface area contributed by atoms with Crippen LogP contribution >= 0.6 is 0 Å². The first-order valence-corrected chi connectivity index (χ1v) is 7.35. The van der Waals surface area contributed by atoms with E-state index >= 15 is 0 Å². The summed E-state index contributed by atoms with van der Waals surface area (Å²) in [7, 11) is 0. The number of hydrogen-bond acceptors (Lipinski definition) is 2. The number of amides is 2. The highest BCUT2D eigenvalue weighted by Crippen LogP contribution is 2.20. The van der Waals surface area contributed by atoms with E-state index in [1.807, 2.05) is 6.92 Å². The molecule has 0 aromatic heterocycles. The van der Waals surface area contributed by atoms with Gasteiger partial charge in [-0.15, -0.1) is 0 Å². The smallest absolute Gasteiger partial charge is 0.336 e. The number of anilines is 1. The van der Waals surface area contributed by atoms with Crippen molar-refractivity contribution in [2.24, 2.45) is 0 Å². The highest BCUT2D eigenvalue weighted by atomic mass is 16.4. The van der Waals surface area contributed by atoms with E-state index < -0.39 is 5.97 Å². The average molecular weight is 292 g/mol. The predicted molar refractivity (Wildman–Crippen MR) is 84.0 cm³/mol. The van der Waals surface area contributed by atoms with Crippen molar-refractivity contribution in [1.29, 1.82) is 0 Å². The quantitative estimate of drug-likeness (QED) is 0.670. The van der Waals surface area contributed by atoms with Crippen LogP contribution in [0, 0.1) is 13.8 Å². The molecular formula is C16H24N2O3. The summed E-state index contributed by atoms with van der Waals surface area (Å²) in [6, 6.07) is 2.96. The SMILES string of the molecule is CCCCCCNC(=O)Nc1cc(C)c(C)c(C(=O)O)c1. The molecule has 0 atom stereocenters. The lowest BCUT2D eigenvalue weighted by Gasteiger charge is -2.11. The largest absolute Gasteiger partial charge is 0.478 e. The fourth-order valence-electron chi connectivity index (χ4n) is 2.08. The van der Waals surface area contributed by atoms with Gasteiger partial charge in [0.2, 0.25) is 0 Å². The molecule has 0 spiro atoms. The van der Waals surface area contributed by atoms with E-state index in [0.29, 0.717) is 17.8 Å². The van der Waals surface area contributed by atoms with Gasteiger partial charge in [0.15, 0.2) is 0 Å². The van der Waals surface area contributed by atoms with Crippen LogP contribution in [-0.2, 0) is 0 Å². The number of nitrogens with one attached hydrogen (secondary N) is 2. The van der Waals surface area contributed by atoms with Gasteiger partial charge in [-0.05, 0) is 43.5 Å². The molecule has 21 heavy (non-hydrogen) atoms. The van der Waals surface area contributed by atoms with Crippen LogP contribution < -0.4 is 10.6 Å². The van der Waals surface area contributed by atoms with Crippen molar-refractivity contribution in [2.75, 3.05) is 11.9 Å². The lowest BCUT2D eigenvalue weighted by atomic mass is 10.0. The number of carbonyl (C=O) groups excluding carboxylic acids is 1. The van der Waals surface area contributed by atoms with Gasteiger partial charge >= 0.3 is 12.0 Å². The number of benzene rings is 1. The van der Waals surface area contributed by atoms with E-state index in [1.165, 1.54) is 12.5 Å². The summed E-state index contributed by atoms with van der Waals surface area (Å²) in [6.07, 6.45) is 4.38. The van der Waals surface area contributed by atoms with Crippen molar-refractivity contribution in [1.82, 2.24) is 5.32 Å². The molecular weight excluding hydrogens is 268 g/mol. The van der Waals surface area contributed by atoms with Gasteiger partial charge in [0, 0.05) is 12.2 Å². The number of aryl methyl sites for hydroxylation is 1. The van der Waals surface area contributed by atoms with E-state index in [-0.39, 0.29) is 11.6 Å². The number of aromatic carboxylic acids is 1. The van der Waals surface area contributed by atoms with E-state index in [4.69, 9.17) is 5.11 Å². The molecule has 5 heteroatoms. The van der Waals surface area contributed by atoms with Gasteiger partial charge in [-0.25, -0.2) is 9.59 Å². The summed E-state index contributed by atoms with van der Waals surface area (Å²) in [5.41, 5.74) is 2.27. The molecule has 0 fully saturated rings. The standard InChI is InChI=1S/C16H24N2O3/c1-4-5-6-7-8-17-16(21)18-13-9-11(2)12(3)14(10-13)15(19)20/h9-10H,4-8H2,1-3H3,(H,19,20)(H2,17,18,21). The van der Waals surface area contributed by atoms with Gasteiger partial charge in [0.1, 0.15) is 0 Å². The van der Waals surface area contributed by atoms with Crippen LogP contribution in [0.25, 0.3) is 0 Å². The second-order valence-corrected chi connectivity index (χ2v) is 5.21. The Morgan fingerprint density at radius 1 is 1.14 bits per heavy atom. The van der Waals surface area contributed by atoms with Gasteiger partial charge < -0.3 is 15.7 Å². The Morgan fingerprint density at radius 2 is 1.86 bits per heavy atom. The summed E-state index contributed by atoms with van der Waals surface area (Å²) in [5.74, 6) is -0.987. The molecule has 0 unspecified atom stereocenters. The van der Waals surface area contributed by atoms with E-state index in [0.717, 1.165) is 24.8 Å². The van der Waals surface area contributed by atoms with Gasteiger partial charge in [-0.1, -0.05) is 26.2 Å². The van der Waals surface area contributed by atoms with Gasteiger partial charge in [0.05, 0.1) is 5.56 Å². The van der Waals surface area contributed by atoms with Crippen LogP contribution in [0.15, 0.2) is 12.1 Å². The Bertz CT molecular complexity index is 512. The van der Waals surface area contributed by atoms with E-state index in [9.17, 15) is 9.59 Å². The van der Waals surface area contributed by atoms with Gasteiger partial charge in [0.25, 0.3) is 0 Å². The topological polar surface area (TPSA) is 78.4 Å². The zero-order chi connectivity index (χ0) is 15.8. The minimum atomic E-state index is -0.987. The Morgan fingerprint density at radius 3 is 2.48 bits per heavy atom. The number of carbonyl (C=O) groups is 2. The second-order valence-electron chi connectivity index (χ2n) is 5.21. The van der Waals surface area contributed by atoms with Crippen LogP contribution in [-0.4, -0.2) is 23.7 Å². The van der Waals surface area contributed by atoms with Crippen LogP contribution in [0.1, 0.15) is 54.1 Å². The summed E-state index contributed by atoms with van der Waals surface area (Å²) in [6.45, 7) is 6.36. The first kappa shape index (κ1) is 17.0. The predicted octanol–water partition coefficient (Wildman–Crippen LogP) is 3.70. The first-order valence-electron chi connectivity index (χ1n) is 7.35. The fourth-order valence-corrected chi connectivity index (χ4v) is 2.08. The molecule has 0 aliphatic heterocycles. The van der Waals surface area contributed by atoms with Crippen LogP contribution in [0.5, 0.6) is 0 Å². The molecule has 116 valence electrons. The lowest BCUT2D eigenvalue weighted by molar-refractivity contribution is 0.0696. The van der Waals surface area contributed by atoms with Crippen molar-refractivity contribution in [3.63, 3.8) is 0 Å². The molecule has 0 heterocycles. The minimum Gasteiger partial charge on any atom is -0.478 e. The Labute approximate surface area is 125 Å². The maximum Gasteiger partial charge on any atom is 0.336 e. The van der Waals surface area contributed by atoms with Crippen LogP contribution in [0.3, 0.4) is 0 Å². The minimum absolute atomic E-state index is 0.216. The normalized spacial score (nSPS) is 10.2. The summed E-state index contributed by atoms with van der Waals surface area (Å²) >= 11 is 0. The lowest BCUT2D eigenvalue weighted by Crippen LogP contribution is -2.29. The average Bonchev–Trinajstić information content (AvgIpc) is 2.42. The number of urea groups is 1. The first-order chi connectivity index (χ1) is 9.95. The second kappa shape index (κ2) is 8.29. The van der Waals surface area contributed by atoms with Crippen LogP contribution in [0.4, 0.5) is 10.5 Å². The molecule has 1 aromatic carbocycles. The number of carboxylic acids is 1. The molecule has 5 nitrogen and oxygen atoms in total. The maximum atomic E-state index is 11.8. The number of unbranched alkanes of at least 4 members (excludes halogenated alkanes) is 3. The van der Waals surface area contributed by atoms with Crippen molar-refractivity contribution >= 4 is 17.7 Å². The highest BCUT2D eigenvalue weighted by Gasteiger charge is 2.12. The zero-order valence-corrected chi connectivity index (χ0v) is 13.0. The summed E-state index contributed by atoms with van der Waals surface area (Å²) in [5, 5.41) is 14.6. The van der Waals surface area contributed by atoms with Crippen molar-refractivity contribution in [3.05, 3.63) is 28.8 Å². The van der Waals surface area contributed by atoms with E-state index in [1.54, 1.807) is 13.0 Å². The van der Waals surface area contributed by atoms with Gasteiger partial charge in [-0.2, -0.15) is 0 Å². The highest BCUT2D eigenvalue weighted by molar-refractivity contribution is 5.94. The third-order valence-corrected chi connectivity index (χ3v) is 3.47. The number of hydrogen-bond donors (Lipinski definition) is 3. The van der Waals surface area contributed by atoms with Crippen molar-refractivity contribution in [2.45, 2.75) is 46.5 Å². The molecule has 3 N–H and O–H groups in total. The molecule has 0 aliphatic carbocycles. The fraction of sp³-hybridized carbons (Fsp3) is 0.500. The van der Waals surface area contributed by atoms with E-state index in [2.05, 4.69) is 17.6 Å². The summed E-state index contributed by atoms with van der Waals surface area (Å²) in [4.78, 5) is 22.9. The molecule has 2 amide bonds. The Kier molecular flexibility index (Phi) is 6.72. The Hall–Kier alpha value is -2.04. The third-order valence-electron chi connectivity index (χ3n) is 3.47. The maximum absolute atomic E-state index is 11.8. The molecule has 1 aromatic rings. The van der Waals surface area contributed by atoms with Crippen molar-refractivity contribution < 1.29 is 14.7 Å². The monoisotopic (exact) mass is 292 g/mol. The summed E-state index contributed by atoms with van der Waals surface area (Å²) < 4.78 is 0. The number of rotatable bonds is 7. The molecule has 0 saturated heterocycles. The van der Waals surface area contributed by atoms with Crippen LogP contribution in [0.2, 0.25) is 0 Å². The molecule has 0 radical (unpaired) electrons. The molecule has 0 saturated carbocycles. The third kappa shape index (κ3) is 5.45.